The minimum atomic E-state index is 0.507. The molecule has 21 heavy (non-hydrogen) atoms. The molecule has 110 valence electrons. The van der Waals surface area contributed by atoms with Crippen molar-refractivity contribution in [1.29, 1.82) is 0 Å². The zero-order valence-electron chi connectivity index (χ0n) is 13.1. The first kappa shape index (κ1) is 14.3. The SMILES string of the molecule is CC(C)c1ccc2c(c1)C(CCc1ccccc1)NCC2. The molecule has 3 rings (SSSR count). The third kappa shape index (κ3) is 3.36. The molecule has 0 saturated heterocycles. The summed E-state index contributed by atoms with van der Waals surface area (Å²) >= 11 is 0. The van der Waals surface area contributed by atoms with E-state index in [2.05, 4.69) is 67.7 Å². The van der Waals surface area contributed by atoms with E-state index in [1.165, 1.54) is 28.7 Å². The second kappa shape index (κ2) is 6.44. The molecule has 0 saturated carbocycles. The number of benzene rings is 2. The Hall–Kier alpha value is -1.60. The molecule has 2 aromatic carbocycles. The number of hydrogen-bond donors (Lipinski definition) is 1. The standard InChI is InChI=1S/C20H25N/c1-15(2)18-10-9-17-12-13-21-20(19(17)14-18)11-8-16-6-4-3-5-7-16/h3-7,9-10,14-15,20-21H,8,11-13H2,1-2H3. The van der Waals surface area contributed by atoms with Gasteiger partial charge in [-0.05, 0) is 54.0 Å². The first-order chi connectivity index (χ1) is 10.2. The lowest BCUT2D eigenvalue weighted by molar-refractivity contribution is 0.475. The Labute approximate surface area is 128 Å². The summed E-state index contributed by atoms with van der Waals surface area (Å²) in [6, 6.07) is 18.4. The minimum Gasteiger partial charge on any atom is -0.310 e. The van der Waals surface area contributed by atoms with E-state index in [-0.39, 0.29) is 0 Å². The summed E-state index contributed by atoms with van der Waals surface area (Å²) in [5, 5.41) is 3.71. The van der Waals surface area contributed by atoms with Crippen LogP contribution in [0, 0.1) is 0 Å². The normalized spacial score (nSPS) is 17.8. The van der Waals surface area contributed by atoms with Crippen molar-refractivity contribution < 1.29 is 0 Å². The van der Waals surface area contributed by atoms with Crippen LogP contribution in [0.3, 0.4) is 0 Å². The van der Waals surface area contributed by atoms with Gasteiger partial charge >= 0.3 is 0 Å². The zero-order chi connectivity index (χ0) is 14.7. The molecule has 0 aliphatic carbocycles. The molecule has 1 aliphatic rings. The molecular weight excluding hydrogens is 254 g/mol. The van der Waals surface area contributed by atoms with Crippen molar-refractivity contribution in [3.05, 3.63) is 70.8 Å². The molecule has 0 amide bonds. The molecule has 1 aliphatic heterocycles. The van der Waals surface area contributed by atoms with Crippen LogP contribution in [0.4, 0.5) is 0 Å². The third-order valence-corrected chi connectivity index (χ3v) is 4.56. The highest BCUT2D eigenvalue weighted by Gasteiger charge is 2.20. The molecular formula is C20H25N. The van der Waals surface area contributed by atoms with Crippen LogP contribution in [0.25, 0.3) is 0 Å². The van der Waals surface area contributed by atoms with Crippen LogP contribution in [0.1, 0.15) is 54.5 Å². The fourth-order valence-electron chi connectivity index (χ4n) is 3.23. The number of nitrogens with one attached hydrogen (secondary N) is 1. The monoisotopic (exact) mass is 279 g/mol. The number of fused-ring (bicyclic) bond motifs is 1. The molecule has 0 bridgehead atoms. The summed E-state index contributed by atoms with van der Waals surface area (Å²) in [4.78, 5) is 0. The predicted molar refractivity (Wildman–Crippen MR) is 89.7 cm³/mol. The van der Waals surface area contributed by atoms with E-state index >= 15 is 0 Å². The van der Waals surface area contributed by atoms with Gasteiger partial charge in [0.1, 0.15) is 0 Å². The summed E-state index contributed by atoms with van der Waals surface area (Å²) in [5.74, 6) is 0.604. The van der Waals surface area contributed by atoms with E-state index in [0.717, 1.165) is 19.4 Å². The lowest BCUT2D eigenvalue weighted by atomic mass is 9.87. The molecule has 0 radical (unpaired) electrons. The summed E-state index contributed by atoms with van der Waals surface area (Å²) in [5.41, 5.74) is 5.97. The highest BCUT2D eigenvalue weighted by atomic mass is 14.9. The summed E-state index contributed by atoms with van der Waals surface area (Å²) in [6.45, 7) is 5.65. The van der Waals surface area contributed by atoms with Gasteiger partial charge < -0.3 is 5.32 Å². The van der Waals surface area contributed by atoms with Crippen molar-refractivity contribution in [2.45, 2.75) is 45.1 Å². The highest BCUT2D eigenvalue weighted by molar-refractivity contribution is 5.37. The van der Waals surface area contributed by atoms with Gasteiger partial charge in [-0.1, -0.05) is 62.4 Å². The Kier molecular flexibility index (Phi) is 4.40. The second-order valence-corrected chi connectivity index (χ2v) is 6.39. The summed E-state index contributed by atoms with van der Waals surface area (Å²) in [7, 11) is 0. The average molecular weight is 279 g/mol. The zero-order valence-corrected chi connectivity index (χ0v) is 13.1. The maximum atomic E-state index is 3.71. The van der Waals surface area contributed by atoms with Gasteiger partial charge in [-0.3, -0.25) is 0 Å². The van der Waals surface area contributed by atoms with Gasteiger partial charge in [-0.15, -0.1) is 0 Å². The number of hydrogen-bond acceptors (Lipinski definition) is 1. The van der Waals surface area contributed by atoms with E-state index in [4.69, 9.17) is 0 Å². The molecule has 1 N–H and O–H groups in total. The van der Waals surface area contributed by atoms with Crippen molar-refractivity contribution >= 4 is 0 Å². The van der Waals surface area contributed by atoms with Gasteiger partial charge in [0, 0.05) is 6.04 Å². The van der Waals surface area contributed by atoms with Crippen molar-refractivity contribution in [2.24, 2.45) is 0 Å². The van der Waals surface area contributed by atoms with Crippen molar-refractivity contribution in [1.82, 2.24) is 5.32 Å². The van der Waals surface area contributed by atoms with Gasteiger partial charge in [0.15, 0.2) is 0 Å². The Morgan fingerprint density at radius 1 is 1.10 bits per heavy atom. The van der Waals surface area contributed by atoms with Gasteiger partial charge in [0.05, 0.1) is 0 Å². The molecule has 1 heteroatoms. The van der Waals surface area contributed by atoms with Gasteiger partial charge in [-0.25, -0.2) is 0 Å². The topological polar surface area (TPSA) is 12.0 Å². The van der Waals surface area contributed by atoms with Gasteiger partial charge in [-0.2, -0.15) is 0 Å². The Morgan fingerprint density at radius 3 is 2.67 bits per heavy atom. The lowest BCUT2D eigenvalue weighted by Crippen LogP contribution is -2.30. The Balaban J connectivity index is 1.77. The van der Waals surface area contributed by atoms with Crippen LogP contribution in [0.5, 0.6) is 0 Å². The Morgan fingerprint density at radius 2 is 1.90 bits per heavy atom. The number of aryl methyl sites for hydroxylation is 1. The fraction of sp³-hybridized carbons (Fsp3) is 0.400. The number of rotatable bonds is 4. The largest absolute Gasteiger partial charge is 0.310 e. The molecule has 1 unspecified atom stereocenters. The lowest BCUT2D eigenvalue weighted by Gasteiger charge is -2.28. The van der Waals surface area contributed by atoms with Crippen LogP contribution in [0.15, 0.2) is 48.5 Å². The molecule has 2 aromatic rings. The van der Waals surface area contributed by atoms with Crippen LogP contribution in [0.2, 0.25) is 0 Å². The van der Waals surface area contributed by atoms with E-state index in [0.29, 0.717) is 12.0 Å². The van der Waals surface area contributed by atoms with Crippen LogP contribution < -0.4 is 5.32 Å². The fourth-order valence-corrected chi connectivity index (χ4v) is 3.23. The first-order valence-corrected chi connectivity index (χ1v) is 8.14. The van der Waals surface area contributed by atoms with E-state index in [1.807, 2.05) is 0 Å². The van der Waals surface area contributed by atoms with Gasteiger partial charge in [0.25, 0.3) is 0 Å². The van der Waals surface area contributed by atoms with Gasteiger partial charge in [0.2, 0.25) is 0 Å². The molecule has 0 aromatic heterocycles. The van der Waals surface area contributed by atoms with Crippen molar-refractivity contribution in [2.75, 3.05) is 6.54 Å². The first-order valence-electron chi connectivity index (χ1n) is 8.14. The maximum absolute atomic E-state index is 3.71. The smallest absolute Gasteiger partial charge is 0.0326 e. The summed E-state index contributed by atoms with van der Waals surface area (Å²) < 4.78 is 0. The van der Waals surface area contributed by atoms with Crippen molar-refractivity contribution in [3.8, 4) is 0 Å². The summed E-state index contributed by atoms with van der Waals surface area (Å²) in [6.07, 6.45) is 3.48. The Bertz CT molecular complexity index is 586. The molecule has 0 fully saturated rings. The van der Waals surface area contributed by atoms with E-state index < -0.39 is 0 Å². The maximum Gasteiger partial charge on any atom is 0.0326 e. The van der Waals surface area contributed by atoms with E-state index in [9.17, 15) is 0 Å². The quantitative estimate of drug-likeness (QED) is 0.860. The average Bonchev–Trinajstić information content (AvgIpc) is 2.53. The molecule has 1 atom stereocenters. The van der Waals surface area contributed by atoms with Crippen molar-refractivity contribution in [3.63, 3.8) is 0 Å². The van der Waals surface area contributed by atoms with E-state index in [1.54, 1.807) is 0 Å². The molecule has 1 heterocycles. The van der Waals surface area contributed by atoms with Crippen LogP contribution in [-0.4, -0.2) is 6.54 Å². The minimum absolute atomic E-state index is 0.507. The second-order valence-electron chi connectivity index (χ2n) is 6.39. The third-order valence-electron chi connectivity index (χ3n) is 4.56. The highest BCUT2D eigenvalue weighted by Crippen LogP contribution is 2.29. The molecule has 0 spiro atoms. The van der Waals surface area contributed by atoms with Crippen LogP contribution in [-0.2, 0) is 12.8 Å². The molecule has 1 nitrogen and oxygen atoms in total. The van der Waals surface area contributed by atoms with Crippen LogP contribution >= 0.6 is 0 Å². The predicted octanol–water partition coefficient (Wildman–Crippen LogP) is 4.63.